The fourth-order valence-electron chi connectivity index (χ4n) is 2.56. The highest BCUT2D eigenvalue weighted by molar-refractivity contribution is 5.75. The van der Waals surface area contributed by atoms with Gasteiger partial charge in [0.2, 0.25) is 0 Å². The largest absolute Gasteiger partial charge is 0.383 e. The van der Waals surface area contributed by atoms with E-state index in [1.165, 1.54) is 5.52 Å². The predicted octanol–water partition coefficient (Wildman–Crippen LogP) is 2.89. The van der Waals surface area contributed by atoms with Gasteiger partial charge in [0.25, 0.3) is 0 Å². The van der Waals surface area contributed by atoms with Crippen LogP contribution in [0, 0.1) is 5.92 Å². The van der Waals surface area contributed by atoms with Gasteiger partial charge in [0.15, 0.2) is 0 Å². The first-order chi connectivity index (χ1) is 9.54. The Kier molecular flexibility index (Phi) is 4.78. The molecule has 2 aromatic rings. The van der Waals surface area contributed by atoms with Crippen molar-refractivity contribution in [2.45, 2.75) is 32.9 Å². The summed E-state index contributed by atoms with van der Waals surface area (Å²) in [5, 5.41) is 3.63. The molecule has 0 saturated heterocycles. The van der Waals surface area contributed by atoms with Gasteiger partial charge in [0.1, 0.15) is 5.82 Å². The maximum Gasteiger partial charge on any atom is 0.126 e. The van der Waals surface area contributed by atoms with E-state index in [0.29, 0.717) is 18.6 Å². The van der Waals surface area contributed by atoms with Crippen LogP contribution in [-0.4, -0.2) is 29.3 Å². The summed E-state index contributed by atoms with van der Waals surface area (Å²) >= 11 is 0. The lowest BCUT2D eigenvalue weighted by Gasteiger charge is -2.25. The molecule has 0 aliphatic carbocycles. The molecule has 2 unspecified atom stereocenters. The summed E-state index contributed by atoms with van der Waals surface area (Å²) in [5.74, 6) is 1.58. The summed E-state index contributed by atoms with van der Waals surface area (Å²) in [6, 6.07) is 8.76. The van der Waals surface area contributed by atoms with Crippen LogP contribution in [0.3, 0.4) is 0 Å². The fourth-order valence-corrected chi connectivity index (χ4v) is 2.56. The number of hydrogen-bond acceptors (Lipinski definition) is 3. The van der Waals surface area contributed by atoms with E-state index in [2.05, 4.69) is 49.8 Å². The number of nitrogens with one attached hydrogen (secondary N) is 1. The quantitative estimate of drug-likeness (QED) is 0.881. The Labute approximate surface area is 121 Å². The molecule has 0 spiro atoms. The molecule has 1 aromatic carbocycles. The maximum atomic E-state index is 5.30. The second-order valence-corrected chi connectivity index (χ2v) is 5.71. The molecular formula is C16H25N3O. The Morgan fingerprint density at radius 2 is 1.95 bits per heavy atom. The van der Waals surface area contributed by atoms with Gasteiger partial charge in [0, 0.05) is 20.2 Å². The van der Waals surface area contributed by atoms with Crippen LogP contribution in [0.25, 0.3) is 11.0 Å². The van der Waals surface area contributed by atoms with E-state index in [4.69, 9.17) is 9.72 Å². The molecule has 0 fully saturated rings. The molecule has 2 rings (SSSR count). The van der Waals surface area contributed by atoms with Gasteiger partial charge in [-0.25, -0.2) is 4.98 Å². The Bertz CT molecular complexity index is 562. The summed E-state index contributed by atoms with van der Waals surface area (Å²) in [7, 11) is 3.82. The minimum absolute atomic E-state index is 0.190. The molecule has 2 atom stereocenters. The van der Waals surface area contributed by atoms with Crippen LogP contribution in [0.1, 0.15) is 32.6 Å². The molecule has 1 N–H and O–H groups in total. The molecule has 110 valence electrons. The molecular weight excluding hydrogens is 250 g/mol. The Morgan fingerprint density at radius 1 is 1.25 bits per heavy atom. The van der Waals surface area contributed by atoms with Crippen molar-refractivity contribution in [2.75, 3.05) is 13.7 Å². The van der Waals surface area contributed by atoms with E-state index in [1.54, 1.807) is 7.11 Å². The normalized spacial score (nSPS) is 14.9. The molecule has 0 aliphatic rings. The number of rotatable bonds is 6. The lowest BCUT2D eigenvalue weighted by Crippen LogP contribution is -2.39. The van der Waals surface area contributed by atoms with Crippen LogP contribution in [0.2, 0.25) is 0 Å². The number of imidazole rings is 1. The number of fused-ring (bicyclic) bond motifs is 1. The summed E-state index contributed by atoms with van der Waals surface area (Å²) < 4.78 is 7.47. The molecule has 0 bridgehead atoms. The standard InChI is InChI=1S/C16H25N3O/c1-11(2)14(10-20-5)17-12(3)16-18-13-8-6-7-9-15(13)19(16)4/h6-9,11-12,14,17H,10H2,1-5H3. The highest BCUT2D eigenvalue weighted by Gasteiger charge is 2.20. The maximum absolute atomic E-state index is 5.30. The van der Waals surface area contributed by atoms with Gasteiger partial charge in [-0.05, 0) is 25.0 Å². The first-order valence-corrected chi connectivity index (χ1v) is 7.21. The van der Waals surface area contributed by atoms with Gasteiger partial charge in [0.05, 0.1) is 23.7 Å². The highest BCUT2D eigenvalue weighted by Crippen LogP contribution is 2.20. The molecule has 0 radical (unpaired) electrons. The zero-order valence-corrected chi connectivity index (χ0v) is 13.1. The van der Waals surface area contributed by atoms with Gasteiger partial charge in [-0.2, -0.15) is 0 Å². The van der Waals surface area contributed by atoms with E-state index in [0.717, 1.165) is 11.3 Å². The molecule has 0 saturated carbocycles. The molecule has 0 amide bonds. The number of ether oxygens (including phenoxy) is 1. The van der Waals surface area contributed by atoms with Crippen molar-refractivity contribution in [2.24, 2.45) is 13.0 Å². The molecule has 1 heterocycles. The lowest BCUT2D eigenvalue weighted by molar-refractivity contribution is 0.140. The number of hydrogen-bond donors (Lipinski definition) is 1. The first-order valence-electron chi connectivity index (χ1n) is 7.21. The third kappa shape index (κ3) is 3.02. The van der Waals surface area contributed by atoms with Gasteiger partial charge < -0.3 is 14.6 Å². The Hall–Kier alpha value is -1.39. The summed E-state index contributed by atoms with van der Waals surface area (Å²) in [6.45, 7) is 7.29. The van der Waals surface area contributed by atoms with E-state index in [9.17, 15) is 0 Å². The number of aromatic nitrogens is 2. The highest BCUT2D eigenvalue weighted by atomic mass is 16.5. The van der Waals surface area contributed by atoms with E-state index >= 15 is 0 Å². The number of nitrogens with zero attached hydrogens (tertiary/aromatic N) is 2. The van der Waals surface area contributed by atoms with Crippen LogP contribution < -0.4 is 5.32 Å². The molecule has 4 nitrogen and oxygen atoms in total. The second kappa shape index (κ2) is 6.37. The number of para-hydroxylation sites is 2. The Balaban J connectivity index is 2.22. The van der Waals surface area contributed by atoms with Crippen molar-refractivity contribution in [1.29, 1.82) is 0 Å². The average molecular weight is 275 g/mol. The van der Waals surface area contributed by atoms with Crippen LogP contribution >= 0.6 is 0 Å². The van der Waals surface area contributed by atoms with Crippen molar-refractivity contribution >= 4 is 11.0 Å². The van der Waals surface area contributed by atoms with Crippen molar-refractivity contribution in [1.82, 2.24) is 14.9 Å². The van der Waals surface area contributed by atoms with Gasteiger partial charge >= 0.3 is 0 Å². The smallest absolute Gasteiger partial charge is 0.126 e. The topological polar surface area (TPSA) is 39.1 Å². The summed E-state index contributed by atoms with van der Waals surface area (Å²) in [5.41, 5.74) is 2.22. The SMILES string of the molecule is COCC(NC(C)c1nc2ccccc2n1C)C(C)C. The van der Waals surface area contributed by atoms with Crippen LogP contribution in [0.15, 0.2) is 24.3 Å². The van der Waals surface area contributed by atoms with E-state index < -0.39 is 0 Å². The van der Waals surface area contributed by atoms with E-state index in [-0.39, 0.29) is 6.04 Å². The molecule has 0 aliphatic heterocycles. The van der Waals surface area contributed by atoms with E-state index in [1.807, 2.05) is 12.1 Å². The van der Waals surface area contributed by atoms with Crippen molar-refractivity contribution < 1.29 is 4.74 Å². The predicted molar refractivity (Wildman–Crippen MR) is 82.8 cm³/mol. The number of benzene rings is 1. The minimum Gasteiger partial charge on any atom is -0.383 e. The second-order valence-electron chi connectivity index (χ2n) is 5.71. The third-order valence-corrected chi connectivity index (χ3v) is 3.82. The van der Waals surface area contributed by atoms with Crippen LogP contribution in [0.5, 0.6) is 0 Å². The average Bonchev–Trinajstić information content (AvgIpc) is 2.76. The summed E-state index contributed by atoms with van der Waals surface area (Å²) in [4.78, 5) is 4.74. The zero-order chi connectivity index (χ0) is 14.7. The third-order valence-electron chi connectivity index (χ3n) is 3.82. The first kappa shape index (κ1) is 15.0. The zero-order valence-electron chi connectivity index (χ0n) is 13.1. The number of methoxy groups -OCH3 is 1. The molecule has 20 heavy (non-hydrogen) atoms. The van der Waals surface area contributed by atoms with Gasteiger partial charge in [-0.3, -0.25) is 0 Å². The monoisotopic (exact) mass is 275 g/mol. The summed E-state index contributed by atoms with van der Waals surface area (Å²) in [6.07, 6.45) is 0. The molecule has 4 heteroatoms. The van der Waals surface area contributed by atoms with Crippen LogP contribution in [0.4, 0.5) is 0 Å². The van der Waals surface area contributed by atoms with Gasteiger partial charge in [-0.15, -0.1) is 0 Å². The van der Waals surface area contributed by atoms with Crippen molar-refractivity contribution in [3.05, 3.63) is 30.1 Å². The minimum atomic E-state index is 0.190. The molecule has 1 aromatic heterocycles. The Morgan fingerprint density at radius 3 is 2.55 bits per heavy atom. The van der Waals surface area contributed by atoms with Crippen LogP contribution in [-0.2, 0) is 11.8 Å². The van der Waals surface area contributed by atoms with Crippen molar-refractivity contribution in [3.63, 3.8) is 0 Å². The number of aryl methyl sites for hydroxylation is 1. The lowest BCUT2D eigenvalue weighted by atomic mass is 10.0. The fraction of sp³-hybridized carbons (Fsp3) is 0.562. The van der Waals surface area contributed by atoms with Crippen molar-refractivity contribution in [3.8, 4) is 0 Å². The van der Waals surface area contributed by atoms with Gasteiger partial charge in [-0.1, -0.05) is 26.0 Å².